The first-order valence-corrected chi connectivity index (χ1v) is 10.3. The summed E-state index contributed by atoms with van der Waals surface area (Å²) in [5.74, 6) is -0.875. The number of hydrogen-bond acceptors (Lipinski definition) is 5. The van der Waals surface area contributed by atoms with Gasteiger partial charge >= 0.3 is 12.1 Å². The number of rotatable bonds is 7. The maximum Gasteiger partial charge on any atom is 0.416 e. The molecule has 0 bridgehead atoms. The zero-order chi connectivity index (χ0) is 22.6. The second-order valence-corrected chi connectivity index (χ2v) is 8.11. The molecular formula is C22H26F3N3O3. The summed E-state index contributed by atoms with van der Waals surface area (Å²) < 4.78 is 38.5. The van der Waals surface area contributed by atoms with Crippen molar-refractivity contribution >= 4 is 5.97 Å². The normalized spacial score (nSPS) is 17.6. The van der Waals surface area contributed by atoms with Crippen LogP contribution < -0.4 is 0 Å². The summed E-state index contributed by atoms with van der Waals surface area (Å²) in [4.78, 5) is 13.0. The molecule has 168 valence electrons. The van der Waals surface area contributed by atoms with E-state index in [-0.39, 0.29) is 12.0 Å². The highest BCUT2D eigenvalue weighted by Gasteiger charge is 2.31. The largest absolute Gasteiger partial charge is 0.507 e. The number of aliphatic carboxylic acids is 1. The van der Waals surface area contributed by atoms with E-state index in [0.29, 0.717) is 24.1 Å². The Morgan fingerprint density at radius 3 is 2.68 bits per heavy atom. The molecule has 2 heterocycles. The predicted octanol–water partition coefficient (Wildman–Crippen LogP) is 4.30. The second kappa shape index (κ2) is 9.64. The van der Waals surface area contributed by atoms with E-state index < -0.39 is 23.5 Å². The lowest BCUT2D eigenvalue weighted by molar-refractivity contribution is -0.138. The van der Waals surface area contributed by atoms with Crippen LogP contribution in [0.1, 0.15) is 42.5 Å². The van der Waals surface area contributed by atoms with Gasteiger partial charge in [-0.05, 0) is 81.4 Å². The molecule has 1 aliphatic rings. The summed E-state index contributed by atoms with van der Waals surface area (Å²) in [6, 6.07) is 4.70. The molecule has 1 aliphatic heterocycles. The van der Waals surface area contributed by atoms with Crippen LogP contribution in [0.15, 0.2) is 24.3 Å². The van der Waals surface area contributed by atoms with Gasteiger partial charge in [0.15, 0.2) is 0 Å². The van der Waals surface area contributed by atoms with E-state index in [1.807, 2.05) is 6.07 Å². The number of aryl methyl sites for hydroxylation is 1. The van der Waals surface area contributed by atoms with Crippen molar-refractivity contribution in [3.8, 4) is 17.0 Å². The molecule has 0 aliphatic carbocycles. The number of piperidine rings is 1. The first-order chi connectivity index (χ1) is 14.6. The summed E-state index contributed by atoms with van der Waals surface area (Å²) in [7, 11) is 0. The Hall–Kier alpha value is -2.68. The highest BCUT2D eigenvalue weighted by atomic mass is 19.4. The Morgan fingerprint density at radius 2 is 2.03 bits per heavy atom. The number of aromatic nitrogens is 2. The fourth-order valence-electron chi connectivity index (χ4n) is 4.09. The van der Waals surface area contributed by atoms with E-state index in [1.54, 1.807) is 6.92 Å². The monoisotopic (exact) mass is 437 g/mol. The molecule has 0 amide bonds. The van der Waals surface area contributed by atoms with Gasteiger partial charge in [-0.2, -0.15) is 18.3 Å². The molecule has 0 radical (unpaired) electrons. The van der Waals surface area contributed by atoms with Crippen molar-refractivity contribution in [1.82, 2.24) is 15.1 Å². The zero-order valence-electron chi connectivity index (χ0n) is 17.3. The quantitative estimate of drug-likeness (QED) is 0.672. The SMILES string of the molecule is Cc1cc(C[C@@H]2CCCN(CCCC(=O)O)C2)nnc1-c1ccc(C(F)(F)F)cc1O. The molecule has 2 N–H and O–H groups in total. The van der Waals surface area contributed by atoms with Crippen LogP contribution in [0.3, 0.4) is 0 Å². The van der Waals surface area contributed by atoms with Gasteiger partial charge in [-0.3, -0.25) is 4.79 Å². The Labute approximate surface area is 178 Å². The number of nitrogens with zero attached hydrogens (tertiary/aromatic N) is 3. The number of benzene rings is 1. The lowest BCUT2D eigenvalue weighted by Gasteiger charge is -2.32. The average Bonchev–Trinajstić information content (AvgIpc) is 2.68. The van der Waals surface area contributed by atoms with E-state index in [0.717, 1.165) is 56.2 Å². The first kappa shape index (κ1) is 23.0. The van der Waals surface area contributed by atoms with Crippen LogP contribution in [0.4, 0.5) is 13.2 Å². The van der Waals surface area contributed by atoms with Crippen molar-refractivity contribution in [3.05, 3.63) is 41.1 Å². The topological polar surface area (TPSA) is 86.6 Å². The molecule has 31 heavy (non-hydrogen) atoms. The summed E-state index contributed by atoms with van der Waals surface area (Å²) in [5, 5.41) is 27.3. The molecule has 1 aromatic carbocycles. The van der Waals surface area contributed by atoms with Crippen molar-refractivity contribution in [2.24, 2.45) is 5.92 Å². The molecule has 1 fully saturated rings. The minimum Gasteiger partial charge on any atom is -0.507 e. The van der Waals surface area contributed by atoms with Crippen molar-refractivity contribution in [3.63, 3.8) is 0 Å². The summed E-state index contributed by atoms with van der Waals surface area (Å²) >= 11 is 0. The Bertz CT molecular complexity index is 934. The number of alkyl halides is 3. The molecule has 3 rings (SSSR count). The lowest BCUT2D eigenvalue weighted by atomic mass is 9.92. The van der Waals surface area contributed by atoms with Gasteiger partial charge in [0, 0.05) is 18.5 Å². The van der Waals surface area contributed by atoms with Gasteiger partial charge < -0.3 is 15.1 Å². The summed E-state index contributed by atoms with van der Waals surface area (Å²) in [6.07, 6.45) is -0.902. The third-order valence-corrected chi connectivity index (χ3v) is 5.58. The molecule has 6 nitrogen and oxygen atoms in total. The number of carboxylic acid groups (broad SMARTS) is 1. The highest BCUT2D eigenvalue weighted by Crippen LogP contribution is 2.36. The molecular weight excluding hydrogens is 411 g/mol. The van der Waals surface area contributed by atoms with Gasteiger partial charge in [-0.25, -0.2) is 0 Å². The van der Waals surface area contributed by atoms with Crippen LogP contribution in [0.2, 0.25) is 0 Å². The minimum atomic E-state index is -4.53. The Kier molecular flexibility index (Phi) is 7.15. The van der Waals surface area contributed by atoms with Crippen molar-refractivity contribution in [2.45, 2.75) is 45.2 Å². The van der Waals surface area contributed by atoms with E-state index in [9.17, 15) is 23.1 Å². The van der Waals surface area contributed by atoms with Gasteiger partial charge in [0.1, 0.15) is 5.75 Å². The fourth-order valence-corrected chi connectivity index (χ4v) is 4.09. The number of phenolic OH excluding ortho intramolecular Hbond substituents is 1. The van der Waals surface area contributed by atoms with Gasteiger partial charge in [-0.1, -0.05) is 0 Å². The van der Waals surface area contributed by atoms with E-state index in [1.165, 1.54) is 6.07 Å². The molecule has 0 unspecified atom stereocenters. The number of phenols is 1. The molecule has 0 saturated carbocycles. The lowest BCUT2D eigenvalue weighted by Crippen LogP contribution is -2.37. The maximum absolute atomic E-state index is 12.8. The maximum atomic E-state index is 12.8. The average molecular weight is 437 g/mol. The van der Waals surface area contributed by atoms with Gasteiger partial charge in [0.25, 0.3) is 0 Å². The Morgan fingerprint density at radius 1 is 1.26 bits per heavy atom. The number of aromatic hydroxyl groups is 1. The molecule has 9 heteroatoms. The van der Waals surface area contributed by atoms with Crippen LogP contribution in [0.5, 0.6) is 5.75 Å². The van der Waals surface area contributed by atoms with Gasteiger partial charge in [0.05, 0.1) is 17.0 Å². The summed E-state index contributed by atoms with van der Waals surface area (Å²) in [5.41, 5.74) is 1.18. The summed E-state index contributed by atoms with van der Waals surface area (Å²) in [6.45, 7) is 4.40. The van der Waals surface area contributed by atoms with E-state index in [2.05, 4.69) is 15.1 Å². The molecule has 1 saturated heterocycles. The zero-order valence-corrected chi connectivity index (χ0v) is 17.3. The number of likely N-dealkylation sites (tertiary alicyclic amines) is 1. The van der Waals surface area contributed by atoms with Crippen LogP contribution in [0.25, 0.3) is 11.3 Å². The first-order valence-electron chi connectivity index (χ1n) is 10.3. The molecule has 0 spiro atoms. The third kappa shape index (κ3) is 6.16. The van der Waals surface area contributed by atoms with Crippen LogP contribution in [0, 0.1) is 12.8 Å². The number of hydrogen-bond donors (Lipinski definition) is 2. The van der Waals surface area contributed by atoms with E-state index in [4.69, 9.17) is 5.11 Å². The van der Waals surface area contributed by atoms with E-state index >= 15 is 0 Å². The number of carboxylic acids is 1. The van der Waals surface area contributed by atoms with Gasteiger partial charge in [0.2, 0.25) is 0 Å². The third-order valence-electron chi connectivity index (χ3n) is 5.58. The van der Waals surface area contributed by atoms with Crippen molar-refractivity contribution in [1.29, 1.82) is 0 Å². The number of carbonyl (C=O) groups is 1. The van der Waals surface area contributed by atoms with Crippen molar-refractivity contribution in [2.75, 3.05) is 19.6 Å². The molecule has 1 atom stereocenters. The van der Waals surface area contributed by atoms with Crippen LogP contribution in [-0.4, -0.2) is 50.9 Å². The Balaban J connectivity index is 1.66. The fraction of sp³-hybridized carbons (Fsp3) is 0.500. The number of halogens is 3. The van der Waals surface area contributed by atoms with Crippen LogP contribution >= 0.6 is 0 Å². The molecule has 1 aromatic heterocycles. The molecule has 2 aromatic rings. The van der Waals surface area contributed by atoms with Crippen LogP contribution in [-0.2, 0) is 17.4 Å². The predicted molar refractivity (Wildman–Crippen MR) is 109 cm³/mol. The second-order valence-electron chi connectivity index (χ2n) is 8.11. The standard InChI is InChI=1S/C22H26F3N3O3/c1-14-10-17(11-15-4-2-8-28(13-15)9-3-5-20(30)31)26-27-21(14)18-7-6-16(12-19(18)29)22(23,24)25/h6-7,10,12,15,29H,2-5,8-9,11,13H2,1H3,(H,30,31)/t15-/m0/s1. The minimum absolute atomic E-state index is 0.171. The van der Waals surface area contributed by atoms with Gasteiger partial charge in [-0.15, -0.1) is 5.10 Å². The highest BCUT2D eigenvalue weighted by molar-refractivity contribution is 5.69. The van der Waals surface area contributed by atoms with Crippen molar-refractivity contribution < 1.29 is 28.2 Å². The smallest absolute Gasteiger partial charge is 0.416 e.